The molecule has 180 valence electrons. The van der Waals surface area contributed by atoms with Crippen LogP contribution in [0.5, 0.6) is 0 Å². The van der Waals surface area contributed by atoms with Gasteiger partial charge in [-0.1, -0.05) is 19.9 Å². The molecule has 2 N–H and O–H groups in total. The Kier molecular flexibility index (Phi) is 7.52. The van der Waals surface area contributed by atoms with Crippen LogP contribution in [-0.2, 0) is 6.54 Å². The van der Waals surface area contributed by atoms with Gasteiger partial charge < -0.3 is 15.1 Å². The predicted octanol–water partition coefficient (Wildman–Crippen LogP) is 5.52. The van der Waals surface area contributed by atoms with E-state index in [0.717, 1.165) is 34.8 Å². The molecule has 1 amide bonds. The van der Waals surface area contributed by atoms with Crippen molar-refractivity contribution >= 4 is 23.2 Å². The van der Waals surface area contributed by atoms with E-state index in [4.69, 9.17) is 4.42 Å². The maximum Gasteiger partial charge on any atom is 0.291 e. The lowest BCUT2D eigenvalue weighted by Crippen LogP contribution is -2.22. The zero-order valence-corrected chi connectivity index (χ0v) is 20.4. The van der Waals surface area contributed by atoms with E-state index in [-0.39, 0.29) is 11.7 Å². The fraction of sp³-hybridized carbons (Fsp3) is 0.259. The van der Waals surface area contributed by atoms with Gasteiger partial charge in [-0.25, -0.2) is 9.97 Å². The zero-order chi connectivity index (χ0) is 24.8. The van der Waals surface area contributed by atoms with E-state index >= 15 is 0 Å². The molecule has 0 saturated heterocycles. The summed E-state index contributed by atoms with van der Waals surface area (Å²) in [4.78, 5) is 28.0. The number of benzene rings is 1. The van der Waals surface area contributed by atoms with Crippen LogP contribution in [0.4, 0.5) is 17.3 Å². The van der Waals surface area contributed by atoms with E-state index in [9.17, 15) is 4.79 Å². The minimum absolute atomic E-state index is 0.278. The summed E-state index contributed by atoms with van der Waals surface area (Å²) >= 11 is 0. The molecular formula is C27H30N6O2. The first-order chi connectivity index (χ1) is 16.9. The molecule has 0 aliphatic heterocycles. The number of nitrogens with one attached hydrogen (secondary N) is 2. The smallest absolute Gasteiger partial charge is 0.291 e. The van der Waals surface area contributed by atoms with Crippen LogP contribution >= 0.6 is 0 Å². The normalized spacial score (nSPS) is 11.1. The summed E-state index contributed by atoms with van der Waals surface area (Å²) in [7, 11) is 2.04. The van der Waals surface area contributed by atoms with Crippen LogP contribution in [0.1, 0.15) is 35.7 Å². The first-order valence-corrected chi connectivity index (χ1v) is 11.6. The monoisotopic (exact) mass is 470 g/mol. The quantitative estimate of drug-likeness (QED) is 0.332. The van der Waals surface area contributed by atoms with Crippen LogP contribution in [0, 0.1) is 12.8 Å². The average Bonchev–Trinajstić information content (AvgIpc) is 3.30. The number of nitrogens with zero attached hydrogens (tertiary/aromatic N) is 4. The minimum Gasteiger partial charge on any atom is -0.455 e. The van der Waals surface area contributed by atoms with Crippen molar-refractivity contribution in [3.63, 3.8) is 0 Å². The Hall–Kier alpha value is -4.04. The fourth-order valence-electron chi connectivity index (χ4n) is 3.78. The lowest BCUT2D eigenvalue weighted by atomic mass is 10.1. The number of aromatic nitrogens is 3. The van der Waals surface area contributed by atoms with Crippen molar-refractivity contribution in [1.29, 1.82) is 0 Å². The molecule has 3 heterocycles. The minimum atomic E-state index is -0.299. The molecule has 0 atom stereocenters. The van der Waals surface area contributed by atoms with Gasteiger partial charge in [0.1, 0.15) is 5.76 Å². The second-order valence-corrected chi connectivity index (χ2v) is 8.97. The van der Waals surface area contributed by atoms with E-state index in [1.165, 1.54) is 0 Å². The number of aryl methyl sites for hydroxylation is 1. The Morgan fingerprint density at radius 3 is 2.74 bits per heavy atom. The highest BCUT2D eigenvalue weighted by Gasteiger charge is 2.14. The third kappa shape index (κ3) is 6.51. The number of carbonyl (C=O) groups is 1. The number of rotatable bonds is 9. The second kappa shape index (κ2) is 10.9. The predicted molar refractivity (Wildman–Crippen MR) is 138 cm³/mol. The molecular weight excluding hydrogens is 440 g/mol. The molecule has 3 aromatic heterocycles. The molecule has 0 aliphatic rings. The summed E-state index contributed by atoms with van der Waals surface area (Å²) in [5, 5.41) is 6.17. The molecule has 4 aromatic rings. The van der Waals surface area contributed by atoms with E-state index in [2.05, 4.69) is 44.3 Å². The average molecular weight is 471 g/mol. The van der Waals surface area contributed by atoms with E-state index in [1.807, 2.05) is 56.4 Å². The van der Waals surface area contributed by atoms with E-state index in [1.54, 1.807) is 24.7 Å². The Balaban J connectivity index is 1.44. The van der Waals surface area contributed by atoms with Crippen molar-refractivity contribution in [1.82, 2.24) is 19.9 Å². The molecule has 0 saturated carbocycles. The van der Waals surface area contributed by atoms with Crippen molar-refractivity contribution in [3.8, 4) is 11.3 Å². The number of hydrogen-bond donors (Lipinski definition) is 2. The van der Waals surface area contributed by atoms with Gasteiger partial charge in [0.15, 0.2) is 5.76 Å². The summed E-state index contributed by atoms with van der Waals surface area (Å²) in [5.74, 6) is 1.76. The number of carbonyl (C=O) groups excluding carboxylic acids is 1. The zero-order valence-electron chi connectivity index (χ0n) is 20.4. The maximum atomic E-state index is 12.8. The fourth-order valence-corrected chi connectivity index (χ4v) is 3.78. The van der Waals surface area contributed by atoms with Gasteiger partial charge in [-0.05, 0) is 67.9 Å². The largest absolute Gasteiger partial charge is 0.455 e. The third-order valence-corrected chi connectivity index (χ3v) is 5.34. The van der Waals surface area contributed by atoms with Gasteiger partial charge in [0.25, 0.3) is 5.91 Å². The van der Waals surface area contributed by atoms with E-state index < -0.39 is 0 Å². The van der Waals surface area contributed by atoms with Crippen molar-refractivity contribution in [3.05, 3.63) is 84.2 Å². The Labute approximate surface area is 205 Å². The van der Waals surface area contributed by atoms with Crippen molar-refractivity contribution in [2.24, 2.45) is 5.92 Å². The van der Waals surface area contributed by atoms with Crippen molar-refractivity contribution < 1.29 is 9.21 Å². The van der Waals surface area contributed by atoms with Crippen LogP contribution in [0.2, 0.25) is 0 Å². The molecule has 0 fully saturated rings. The summed E-state index contributed by atoms with van der Waals surface area (Å²) < 4.78 is 5.78. The van der Waals surface area contributed by atoms with Crippen molar-refractivity contribution in [2.45, 2.75) is 27.3 Å². The first-order valence-electron chi connectivity index (χ1n) is 11.6. The van der Waals surface area contributed by atoms with Crippen LogP contribution in [0.3, 0.4) is 0 Å². The molecule has 35 heavy (non-hydrogen) atoms. The van der Waals surface area contributed by atoms with Crippen LogP contribution in [0.25, 0.3) is 11.3 Å². The summed E-state index contributed by atoms with van der Waals surface area (Å²) in [6, 6.07) is 14.8. The molecule has 1 aromatic carbocycles. The van der Waals surface area contributed by atoms with Gasteiger partial charge in [0, 0.05) is 42.1 Å². The Morgan fingerprint density at radius 1 is 1.11 bits per heavy atom. The van der Waals surface area contributed by atoms with Crippen LogP contribution in [-0.4, -0.2) is 39.4 Å². The number of hydrogen-bond acceptors (Lipinski definition) is 7. The van der Waals surface area contributed by atoms with Gasteiger partial charge in [-0.3, -0.25) is 14.7 Å². The number of anilines is 3. The van der Waals surface area contributed by atoms with Gasteiger partial charge in [-0.15, -0.1) is 0 Å². The molecule has 0 radical (unpaired) electrons. The Bertz CT molecular complexity index is 1290. The molecule has 0 aliphatic carbocycles. The van der Waals surface area contributed by atoms with Gasteiger partial charge in [-0.2, -0.15) is 0 Å². The van der Waals surface area contributed by atoms with E-state index in [0.29, 0.717) is 24.1 Å². The maximum absolute atomic E-state index is 12.8. The number of pyridine rings is 1. The van der Waals surface area contributed by atoms with Crippen molar-refractivity contribution in [2.75, 3.05) is 24.2 Å². The Morgan fingerprint density at radius 2 is 1.97 bits per heavy atom. The van der Waals surface area contributed by atoms with Gasteiger partial charge >= 0.3 is 0 Å². The number of amides is 1. The third-order valence-electron chi connectivity index (χ3n) is 5.34. The molecule has 0 unspecified atom stereocenters. The molecule has 8 nitrogen and oxygen atoms in total. The van der Waals surface area contributed by atoms with Crippen LogP contribution < -0.4 is 10.6 Å². The second-order valence-electron chi connectivity index (χ2n) is 8.97. The summed E-state index contributed by atoms with van der Waals surface area (Å²) in [5.41, 5.74) is 4.10. The molecule has 0 bridgehead atoms. The first kappa shape index (κ1) is 24.1. The summed E-state index contributed by atoms with van der Waals surface area (Å²) in [6.07, 6.45) is 5.18. The SMILES string of the molecule is Cc1ccc(NC(=O)c2ccc(CN(C)CC(C)C)o2)cc1Nc1nccc(-c2cccnc2)n1. The topological polar surface area (TPSA) is 96.2 Å². The number of furan rings is 1. The highest BCUT2D eigenvalue weighted by atomic mass is 16.4. The molecule has 8 heteroatoms. The highest BCUT2D eigenvalue weighted by Crippen LogP contribution is 2.25. The lowest BCUT2D eigenvalue weighted by molar-refractivity contribution is 0.0993. The highest BCUT2D eigenvalue weighted by molar-refractivity contribution is 6.02. The van der Waals surface area contributed by atoms with Crippen LogP contribution in [0.15, 0.2) is 71.5 Å². The standard InChI is InChI=1S/C27H30N6O2/c1-18(2)16-33(4)17-22-9-10-25(35-22)26(34)30-21-8-7-19(3)24(14-21)32-27-29-13-11-23(31-27)20-6-5-12-28-15-20/h5-15,18H,16-17H2,1-4H3,(H,30,34)(H,29,31,32). The lowest BCUT2D eigenvalue weighted by Gasteiger charge is -2.17. The van der Waals surface area contributed by atoms with Gasteiger partial charge in [0.05, 0.1) is 12.2 Å². The molecule has 4 rings (SSSR count). The summed E-state index contributed by atoms with van der Waals surface area (Å²) in [6.45, 7) is 7.93. The molecule has 0 spiro atoms. The van der Waals surface area contributed by atoms with Gasteiger partial charge in [0.2, 0.25) is 5.95 Å².